The summed E-state index contributed by atoms with van der Waals surface area (Å²) in [6.07, 6.45) is 1.10. The first-order chi connectivity index (χ1) is 9.06. The van der Waals surface area contributed by atoms with E-state index in [0.29, 0.717) is 6.54 Å². The molecule has 98 valence electrons. The molecule has 6 nitrogen and oxygen atoms in total. The van der Waals surface area contributed by atoms with E-state index in [9.17, 15) is 14.4 Å². The van der Waals surface area contributed by atoms with Crippen molar-refractivity contribution in [2.24, 2.45) is 0 Å². The zero-order valence-electron chi connectivity index (χ0n) is 10.3. The van der Waals surface area contributed by atoms with Gasteiger partial charge in [-0.15, -0.1) is 0 Å². The predicted octanol–water partition coefficient (Wildman–Crippen LogP) is 0.302. The maximum atomic E-state index is 11.8. The van der Waals surface area contributed by atoms with Crippen LogP contribution in [-0.2, 0) is 6.54 Å². The van der Waals surface area contributed by atoms with Crippen molar-refractivity contribution in [1.29, 1.82) is 0 Å². The second-order valence-corrected chi connectivity index (χ2v) is 4.15. The van der Waals surface area contributed by atoms with Crippen LogP contribution < -0.4 is 16.6 Å². The molecule has 6 heteroatoms. The van der Waals surface area contributed by atoms with E-state index in [-0.39, 0.29) is 5.56 Å². The van der Waals surface area contributed by atoms with E-state index >= 15 is 0 Å². The Labute approximate surface area is 108 Å². The molecule has 19 heavy (non-hydrogen) atoms. The third-order valence-corrected chi connectivity index (χ3v) is 2.64. The average molecular weight is 259 g/mol. The van der Waals surface area contributed by atoms with Crippen molar-refractivity contribution < 1.29 is 4.79 Å². The minimum Gasteiger partial charge on any atom is -0.348 e. The molecule has 2 aromatic rings. The third kappa shape index (κ3) is 3.19. The van der Waals surface area contributed by atoms with E-state index in [0.717, 1.165) is 17.3 Å². The number of nitrogens with one attached hydrogen (secondary N) is 3. The highest BCUT2D eigenvalue weighted by Gasteiger charge is 2.10. The number of hydrogen-bond donors (Lipinski definition) is 3. The van der Waals surface area contributed by atoms with E-state index in [1.54, 1.807) is 0 Å². The predicted molar refractivity (Wildman–Crippen MR) is 70.0 cm³/mol. The lowest BCUT2D eigenvalue weighted by atomic mass is 10.1. The zero-order valence-corrected chi connectivity index (χ0v) is 10.3. The fraction of sp³-hybridized carbons (Fsp3) is 0.154. The number of amides is 1. The molecule has 0 spiro atoms. The first-order valence-corrected chi connectivity index (χ1v) is 5.72. The van der Waals surface area contributed by atoms with Gasteiger partial charge in [0, 0.05) is 12.7 Å². The van der Waals surface area contributed by atoms with Gasteiger partial charge in [0.25, 0.3) is 11.5 Å². The van der Waals surface area contributed by atoms with E-state index in [1.807, 2.05) is 36.2 Å². The summed E-state index contributed by atoms with van der Waals surface area (Å²) in [5.74, 6) is -0.530. The lowest BCUT2D eigenvalue weighted by Crippen LogP contribution is -2.33. The molecule has 0 fully saturated rings. The molecule has 1 amide bonds. The maximum Gasteiger partial charge on any atom is 0.325 e. The van der Waals surface area contributed by atoms with Gasteiger partial charge in [0.05, 0.1) is 0 Å². The Hall–Kier alpha value is -2.63. The molecule has 0 unspecified atom stereocenters. The highest BCUT2D eigenvalue weighted by molar-refractivity contribution is 5.93. The Morgan fingerprint density at radius 3 is 2.53 bits per heavy atom. The quantitative estimate of drug-likeness (QED) is 0.740. The molecule has 2 rings (SSSR count). The molecular weight excluding hydrogens is 246 g/mol. The zero-order chi connectivity index (χ0) is 13.8. The number of hydrogen-bond acceptors (Lipinski definition) is 3. The summed E-state index contributed by atoms with van der Waals surface area (Å²) in [5.41, 5.74) is 0.601. The SMILES string of the molecule is Cc1ccc(CNC(=O)c2c[nH]c(=O)[nH]c2=O)cc1. The van der Waals surface area contributed by atoms with E-state index in [2.05, 4.69) is 10.3 Å². The van der Waals surface area contributed by atoms with Crippen LogP contribution in [0.4, 0.5) is 0 Å². The third-order valence-electron chi connectivity index (χ3n) is 2.64. The molecule has 1 heterocycles. The number of carbonyl (C=O) groups excluding carboxylic acids is 1. The Bertz CT molecular complexity index is 698. The standard InChI is InChI=1S/C13H13N3O3/c1-8-2-4-9(5-3-8)6-14-11(17)10-7-15-13(19)16-12(10)18/h2-5,7H,6H2,1H3,(H,14,17)(H2,15,16,18,19). The molecule has 0 aliphatic carbocycles. The smallest absolute Gasteiger partial charge is 0.325 e. The summed E-state index contributed by atoms with van der Waals surface area (Å²) in [4.78, 5) is 38.3. The summed E-state index contributed by atoms with van der Waals surface area (Å²) >= 11 is 0. The van der Waals surface area contributed by atoms with Crippen LogP contribution in [0, 0.1) is 6.92 Å². The first-order valence-electron chi connectivity index (χ1n) is 5.72. The monoisotopic (exact) mass is 259 g/mol. The minimum atomic E-state index is -0.704. The normalized spacial score (nSPS) is 10.2. The highest BCUT2D eigenvalue weighted by atomic mass is 16.2. The lowest BCUT2D eigenvalue weighted by molar-refractivity contribution is 0.0949. The van der Waals surface area contributed by atoms with Crippen molar-refractivity contribution in [2.75, 3.05) is 0 Å². The fourth-order valence-corrected chi connectivity index (χ4v) is 1.56. The maximum absolute atomic E-state index is 11.8. The van der Waals surface area contributed by atoms with Crippen molar-refractivity contribution in [3.8, 4) is 0 Å². The molecule has 0 aliphatic heterocycles. The van der Waals surface area contributed by atoms with Crippen molar-refractivity contribution in [3.05, 3.63) is 68.0 Å². The number of carbonyl (C=O) groups is 1. The molecule has 1 aromatic carbocycles. The Kier molecular flexibility index (Phi) is 3.61. The summed E-state index contributed by atoms with van der Waals surface area (Å²) in [5, 5.41) is 2.61. The molecule has 0 saturated carbocycles. The van der Waals surface area contributed by atoms with Crippen molar-refractivity contribution in [2.45, 2.75) is 13.5 Å². The number of aromatic amines is 2. The van der Waals surface area contributed by atoms with Crippen LogP contribution in [0.5, 0.6) is 0 Å². The van der Waals surface area contributed by atoms with Crippen molar-refractivity contribution in [1.82, 2.24) is 15.3 Å². The van der Waals surface area contributed by atoms with Crippen molar-refractivity contribution >= 4 is 5.91 Å². The molecule has 3 N–H and O–H groups in total. The van der Waals surface area contributed by atoms with Crippen LogP contribution in [-0.4, -0.2) is 15.9 Å². The average Bonchev–Trinajstić information content (AvgIpc) is 2.37. The van der Waals surface area contributed by atoms with Gasteiger partial charge in [-0.1, -0.05) is 29.8 Å². The molecular formula is C13H13N3O3. The Balaban J connectivity index is 2.07. The van der Waals surface area contributed by atoms with Gasteiger partial charge in [0.1, 0.15) is 5.56 Å². The number of aryl methyl sites for hydroxylation is 1. The van der Waals surface area contributed by atoms with E-state index < -0.39 is 17.2 Å². The number of aromatic nitrogens is 2. The molecule has 0 bridgehead atoms. The molecule has 0 saturated heterocycles. The Morgan fingerprint density at radius 1 is 1.21 bits per heavy atom. The summed E-state index contributed by atoms with van der Waals surface area (Å²) < 4.78 is 0. The first kappa shape index (κ1) is 12.8. The van der Waals surface area contributed by atoms with E-state index in [4.69, 9.17) is 0 Å². The van der Waals surface area contributed by atoms with Crippen LogP contribution in [0.2, 0.25) is 0 Å². The van der Waals surface area contributed by atoms with Crippen LogP contribution in [0.15, 0.2) is 40.1 Å². The second-order valence-electron chi connectivity index (χ2n) is 4.15. The largest absolute Gasteiger partial charge is 0.348 e. The van der Waals surface area contributed by atoms with Gasteiger partial charge in [-0.3, -0.25) is 14.6 Å². The van der Waals surface area contributed by atoms with Gasteiger partial charge in [-0.25, -0.2) is 4.79 Å². The molecule has 0 atom stereocenters. The second kappa shape index (κ2) is 5.34. The fourth-order valence-electron chi connectivity index (χ4n) is 1.56. The summed E-state index contributed by atoms with van der Waals surface area (Å²) in [6, 6.07) is 7.67. The van der Waals surface area contributed by atoms with Crippen molar-refractivity contribution in [3.63, 3.8) is 0 Å². The van der Waals surface area contributed by atoms with Gasteiger partial charge in [0.2, 0.25) is 0 Å². The van der Waals surface area contributed by atoms with Gasteiger partial charge < -0.3 is 10.3 Å². The summed E-state index contributed by atoms with van der Waals surface area (Å²) in [7, 11) is 0. The van der Waals surface area contributed by atoms with Gasteiger partial charge in [-0.05, 0) is 12.5 Å². The number of benzene rings is 1. The minimum absolute atomic E-state index is 0.119. The van der Waals surface area contributed by atoms with E-state index in [1.165, 1.54) is 0 Å². The van der Waals surface area contributed by atoms with Gasteiger partial charge in [-0.2, -0.15) is 0 Å². The van der Waals surface area contributed by atoms with Crippen LogP contribution in [0.25, 0.3) is 0 Å². The molecule has 1 aromatic heterocycles. The van der Waals surface area contributed by atoms with Gasteiger partial charge >= 0.3 is 5.69 Å². The molecule has 0 radical (unpaired) electrons. The van der Waals surface area contributed by atoms with Crippen LogP contribution >= 0.6 is 0 Å². The number of H-pyrrole nitrogens is 2. The highest BCUT2D eigenvalue weighted by Crippen LogP contribution is 2.02. The topological polar surface area (TPSA) is 94.8 Å². The van der Waals surface area contributed by atoms with Gasteiger partial charge in [0.15, 0.2) is 0 Å². The van der Waals surface area contributed by atoms with Crippen LogP contribution in [0.1, 0.15) is 21.5 Å². The summed E-state index contributed by atoms with van der Waals surface area (Å²) in [6.45, 7) is 2.29. The van der Waals surface area contributed by atoms with Crippen LogP contribution in [0.3, 0.4) is 0 Å². The molecule has 0 aliphatic rings. The number of rotatable bonds is 3. The lowest BCUT2D eigenvalue weighted by Gasteiger charge is -2.04. The Morgan fingerprint density at radius 2 is 1.89 bits per heavy atom.